The van der Waals surface area contributed by atoms with Crippen molar-refractivity contribution in [2.24, 2.45) is 11.3 Å². The fraction of sp³-hybridized carbons (Fsp3) is 0.750. The molecule has 0 saturated carbocycles. The minimum atomic E-state index is -0.664. The fourth-order valence-electron chi connectivity index (χ4n) is 2.00. The molecule has 0 bridgehead atoms. The Kier molecular flexibility index (Phi) is 3.35. The van der Waals surface area contributed by atoms with Crippen molar-refractivity contribution in [3.05, 3.63) is 11.6 Å². The monoisotopic (exact) mass is 196 g/mol. The molecule has 1 atom stereocenters. The minimum Gasteiger partial charge on any atom is -0.481 e. The number of carboxylic acid groups (broad SMARTS) is 1. The first-order valence-corrected chi connectivity index (χ1v) is 5.31. The number of aliphatic carboxylic acids is 1. The fourth-order valence-corrected chi connectivity index (χ4v) is 2.00. The number of hydrogen-bond donors (Lipinski definition) is 1. The van der Waals surface area contributed by atoms with Crippen LogP contribution in [0.25, 0.3) is 0 Å². The molecule has 80 valence electrons. The van der Waals surface area contributed by atoms with E-state index in [2.05, 4.69) is 26.8 Å². The summed E-state index contributed by atoms with van der Waals surface area (Å²) < 4.78 is 0. The Morgan fingerprint density at radius 1 is 1.57 bits per heavy atom. The van der Waals surface area contributed by atoms with Gasteiger partial charge in [0.05, 0.1) is 0 Å². The van der Waals surface area contributed by atoms with Gasteiger partial charge in [-0.3, -0.25) is 4.79 Å². The van der Waals surface area contributed by atoms with Gasteiger partial charge in [-0.2, -0.15) is 0 Å². The summed E-state index contributed by atoms with van der Waals surface area (Å²) in [6.45, 7) is 6.66. The zero-order chi connectivity index (χ0) is 10.8. The molecule has 1 rings (SSSR count). The molecule has 2 nitrogen and oxygen atoms in total. The largest absolute Gasteiger partial charge is 0.481 e. The van der Waals surface area contributed by atoms with Crippen LogP contribution in [0, 0.1) is 11.3 Å². The molecule has 0 saturated heterocycles. The Bertz CT molecular complexity index is 246. The highest BCUT2D eigenvalue weighted by atomic mass is 16.4. The van der Waals surface area contributed by atoms with Crippen molar-refractivity contribution < 1.29 is 9.90 Å². The van der Waals surface area contributed by atoms with Gasteiger partial charge in [-0.25, -0.2) is 0 Å². The highest BCUT2D eigenvalue weighted by Crippen LogP contribution is 2.35. The van der Waals surface area contributed by atoms with Crippen molar-refractivity contribution in [3.63, 3.8) is 0 Å². The lowest BCUT2D eigenvalue weighted by Crippen LogP contribution is -2.17. The zero-order valence-corrected chi connectivity index (χ0v) is 9.34. The Hall–Kier alpha value is -0.790. The molecule has 0 fully saturated rings. The molecule has 0 aromatic rings. The van der Waals surface area contributed by atoms with Gasteiger partial charge in [0.15, 0.2) is 0 Å². The quantitative estimate of drug-likeness (QED) is 0.688. The summed E-state index contributed by atoms with van der Waals surface area (Å²) in [5, 5.41) is 8.67. The first-order valence-electron chi connectivity index (χ1n) is 5.31. The van der Waals surface area contributed by atoms with Crippen molar-refractivity contribution in [2.75, 3.05) is 0 Å². The van der Waals surface area contributed by atoms with E-state index >= 15 is 0 Å². The molecule has 0 heterocycles. The van der Waals surface area contributed by atoms with Crippen LogP contribution in [0.15, 0.2) is 11.6 Å². The van der Waals surface area contributed by atoms with E-state index in [1.807, 2.05) is 0 Å². The lowest BCUT2D eigenvalue weighted by Gasteiger charge is -2.29. The van der Waals surface area contributed by atoms with Crippen molar-refractivity contribution in [1.29, 1.82) is 0 Å². The molecule has 0 radical (unpaired) electrons. The molecule has 1 unspecified atom stereocenters. The van der Waals surface area contributed by atoms with Crippen LogP contribution in [0.5, 0.6) is 0 Å². The highest BCUT2D eigenvalue weighted by Gasteiger charge is 2.23. The number of hydrogen-bond acceptors (Lipinski definition) is 1. The van der Waals surface area contributed by atoms with Crippen LogP contribution >= 0.6 is 0 Å². The highest BCUT2D eigenvalue weighted by molar-refractivity contribution is 5.67. The number of carbonyl (C=O) groups is 1. The maximum absolute atomic E-state index is 10.5. The number of carboxylic acids is 1. The van der Waals surface area contributed by atoms with Crippen molar-refractivity contribution >= 4 is 5.97 Å². The van der Waals surface area contributed by atoms with E-state index in [1.165, 1.54) is 5.57 Å². The third-order valence-corrected chi connectivity index (χ3v) is 2.95. The molecular formula is C12H20O2. The first-order chi connectivity index (χ1) is 6.39. The van der Waals surface area contributed by atoms with Gasteiger partial charge in [-0.15, -0.1) is 0 Å². The normalized spacial score (nSPS) is 23.1. The second-order valence-corrected chi connectivity index (χ2v) is 5.22. The van der Waals surface area contributed by atoms with Crippen LogP contribution in [-0.4, -0.2) is 11.1 Å². The topological polar surface area (TPSA) is 37.3 Å². The summed E-state index contributed by atoms with van der Waals surface area (Å²) >= 11 is 0. The predicted molar refractivity (Wildman–Crippen MR) is 57.1 cm³/mol. The standard InChI is InChI=1S/C12H20O2/c1-12(2,3)10-6-4-9(5-7-10)8-11(13)14/h6,9H,4-5,7-8H2,1-3H3,(H,13,14). The van der Waals surface area contributed by atoms with Crippen molar-refractivity contribution in [3.8, 4) is 0 Å². The van der Waals surface area contributed by atoms with Crippen LogP contribution in [0.2, 0.25) is 0 Å². The molecule has 1 aliphatic carbocycles. The van der Waals surface area contributed by atoms with Crippen molar-refractivity contribution in [2.45, 2.75) is 46.5 Å². The van der Waals surface area contributed by atoms with Crippen LogP contribution in [0.1, 0.15) is 46.5 Å². The summed E-state index contributed by atoms with van der Waals surface area (Å²) in [6.07, 6.45) is 5.63. The van der Waals surface area contributed by atoms with Gasteiger partial charge in [0, 0.05) is 6.42 Å². The molecule has 0 aromatic carbocycles. The van der Waals surface area contributed by atoms with Crippen LogP contribution in [0.3, 0.4) is 0 Å². The van der Waals surface area contributed by atoms with E-state index in [9.17, 15) is 4.79 Å². The molecule has 0 aromatic heterocycles. The molecule has 1 aliphatic rings. The molecular weight excluding hydrogens is 176 g/mol. The lowest BCUT2D eigenvalue weighted by atomic mass is 9.77. The van der Waals surface area contributed by atoms with E-state index in [1.54, 1.807) is 0 Å². The van der Waals surface area contributed by atoms with Gasteiger partial charge in [0.2, 0.25) is 0 Å². The summed E-state index contributed by atoms with van der Waals surface area (Å²) in [5.41, 5.74) is 1.74. The Balaban J connectivity index is 2.51. The molecule has 2 heteroatoms. The summed E-state index contributed by atoms with van der Waals surface area (Å²) in [7, 11) is 0. The smallest absolute Gasteiger partial charge is 0.303 e. The maximum Gasteiger partial charge on any atom is 0.303 e. The maximum atomic E-state index is 10.5. The third-order valence-electron chi connectivity index (χ3n) is 2.95. The average Bonchev–Trinajstić information content (AvgIpc) is 2.02. The lowest BCUT2D eigenvalue weighted by molar-refractivity contribution is -0.138. The Labute approximate surface area is 86.0 Å². The minimum absolute atomic E-state index is 0.258. The van der Waals surface area contributed by atoms with Gasteiger partial charge in [0.1, 0.15) is 0 Å². The van der Waals surface area contributed by atoms with E-state index in [-0.39, 0.29) is 5.41 Å². The summed E-state index contributed by atoms with van der Waals surface area (Å²) in [6, 6.07) is 0. The summed E-state index contributed by atoms with van der Waals surface area (Å²) in [4.78, 5) is 10.5. The van der Waals surface area contributed by atoms with E-state index in [4.69, 9.17) is 5.11 Å². The Morgan fingerprint density at radius 2 is 2.21 bits per heavy atom. The zero-order valence-electron chi connectivity index (χ0n) is 9.34. The van der Waals surface area contributed by atoms with Crippen molar-refractivity contribution in [1.82, 2.24) is 0 Å². The summed E-state index contributed by atoms with van der Waals surface area (Å²) in [5.74, 6) is -0.304. The second kappa shape index (κ2) is 4.16. The average molecular weight is 196 g/mol. The van der Waals surface area contributed by atoms with E-state index in [0.717, 1.165) is 19.3 Å². The number of rotatable bonds is 2. The van der Waals surface area contributed by atoms with Gasteiger partial charge < -0.3 is 5.11 Å². The number of allylic oxidation sites excluding steroid dienone is 2. The molecule has 14 heavy (non-hydrogen) atoms. The molecule has 1 N–H and O–H groups in total. The molecule has 0 spiro atoms. The van der Waals surface area contributed by atoms with E-state index in [0.29, 0.717) is 12.3 Å². The van der Waals surface area contributed by atoms with Crippen LogP contribution in [0.4, 0.5) is 0 Å². The molecule has 0 aliphatic heterocycles. The van der Waals surface area contributed by atoms with Gasteiger partial charge in [-0.05, 0) is 30.6 Å². The first kappa shape index (κ1) is 11.3. The predicted octanol–water partition coefficient (Wildman–Crippen LogP) is 3.23. The van der Waals surface area contributed by atoms with Crippen LogP contribution in [-0.2, 0) is 4.79 Å². The van der Waals surface area contributed by atoms with Crippen LogP contribution < -0.4 is 0 Å². The van der Waals surface area contributed by atoms with Gasteiger partial charge in [-0.1, -0.05) is 32.4 Å². The second-order valence-electron chi connectivity index (χ2n) is 5.22. The van der Waals surface area contributed by atoms with Gasteiger partial charge >= 0.3 is 5.97 Å². The third kappa shape index (κ3) is 3.17. The van der Waals surface area contributed by atoms with Gasteiger partial charge in [0.25, 0.3) is 0 Å². The molecule has 0 amide bonds. The SMILES string of the molecule is CC(C)(C)C1=CCC(CC(=O)O)CC1. The van der Waals surface area contributed by atoms with E-state index < -0.39 is 5.97 Å². The Morgan fingerprint density at radius 3 is 2.57 bits per heavy atom.